The molecule has 0 aliphatic heterocycles. The van der Waals surface area contributed by atoms with Crippen LogP contribution in [0.4, 0.5) is 0 Å². The van der Waals surface area contributed by atoms with Gasteiger partial charge >= 0.3 is 5.97 Å². The molecule has 1 N–H and O–H groups in total. The Labute approximate surface area is 139 Å². The molecule has 0 unspecified atom stereocenters. The number of ether oxygens (including phenoxy) is 1. The van der Waals surface area contributed by atoms with Gasteiger partial charge in [0.25, 0.3) is 0 Å². The molecule has 3 aromatic rings. The molecule has 0 radical (unpaired) electrons. The van der Waals surface area contributed by atoms with E-state index in [1.54, 1.807) is 6.08 Å². The van der Waals surface area contributed by atoms with E-state index in [0.717, 1.165) is 46.6 Å². The number of carboxylic acid groups (broad SMARTS) is 1. The van der Waals surface area contributed by atoms with Gasteiger partial charge in [-0.15, -0.1) is 0 Å². The summed E-state index contributed by atoms with van der Waals surface area (Å²) in [5.41, 5.74) is 2.28. The van der Waals surface area contributed by atoms with Gasteiger partial charge in [-0.3, -0.25) is 0 Å². The van der Waals surface area contributed by atoms with E-state index in [1.165, 1.54) is 12.8 Å². The van der Waals surface area contributed by atoms with Crippen LogP contribution in [0.3, 0.4) is 0 Å². The minimum absolute atomic E-state index is 0.238. The Morgan fingerprint density at radius 3 is 2.75 bits per heavy atom. The molecular weight excluding hydrogens is 304 g/mol. The monoisotopic (exact) mass is 322 g/mol. The lowest BCUT2D eigenvalue weighted by Gasteiger charge is -2.13. The Balaban J connectivity index is 1.89. The van der Waals surface area contributed by atoms with Crippen molar-refractivity contribution in [1.29, 1.82) is 0 Å². The summed E-state index contributed by atoms with van der Waals surface area (Å²) in [6, 6.07) is 11.6. The summed E-state index contributed by atoms with van der Waals surface area (Å²) in [4.78, 5) is 10.9. The highest BCUT2D eigenvalue weighted by Gasteiger charge is 2.20. The Kier molecular flexibility index (Phi) is 3.73. The van der Waals surface area contributed by atoms with Gasteiger partial charge in [0.15, 0.2) is 11.3 Å². The van der Waals surface area contributed by atoms with E-state index in [1.807, 2.05) is 36.4 Å². The summed E-state index contributed by atoms with van der Waals surface area (Å²) in [7, 11) is 0. The molecule has 2 aromatic carbocycles. The van der Waals surface area contributed by atoms with Crippen molar-refractivity contribution in [2.75, 3.05) is 0 Å². The van der Waals surface area contributed by atoms with E-state index in [9.17, 15) is 4.79 Å². The van der Waals surface area contributed by atoms with Crippen molar-refractivity contribution in [1.82, 2.24) is 0 Å². The van der Waals surface area contributed by atoms with Gasteiger partial charge in [0.2, 0.25) is 0 Å². The minimum Gasteiger partial charge on any atom is -0.486 e. The van der Waals surface area contributed by atoms with Gasteiger partial charge in [0.1, 0.15) is 5.58 Å². The van der Waals surface area contributed by atoms with Gasteiger partial charge in [0.05, 0.1) is 6.10 Å². The molecule has 0 bridgehead atoms. The molecule has 1 heterocycles. The molecule has 1 fully saturated rings. The summed E-state index contributed by atoms with van der Waals surface area (Å²) in [6.45, 7) is 0. The Hall–Kier alpha value is -2.75. The van der Waals surface area contributed by atoms with Gasteiger partial charge in [-0.25, -0.2) is 4.79 Å². The number of carbonyl (C=O) groups is 1. The summed E-state index contributed by atoms with van der Waals surface area (Å²) in [5.74, 6) is -0.234. The fourth-order valence-electron chi connectivity index (χ4n) is 3.41. The van der Waals surface area contributed by atoms with E-state index >= 15 is 0 Å². The third-order valence-corrected chi connectivity index (χ3v) is 4.52. The first kappa shape index (κ1) is 14.8. The zero-order chi connectivity index (χ0) is 16.5. The molecule has 0 spiro atoms. The van der Waals surface area contributed by atoms with Crippen molar-refractivity contribution < 1.29 is 19.1 Å². The molecule has 1 aromatic heterocycles. The molecule has 0 atom stereocenters. The van der Waals surface area contributed by atoms with Gasteiger partial charge in [-0.1, -0.05) is 24.3 Å². The molecule has 1 aliphatic carbocycles. The van der Waals surface area contributed by atoms with Crippen LogP contribution < -0.4 is 4.74 Å². The molecule has 1 aliphatic rings. The lowest BCUT2D eigenvalue weighted by Crippen LogP contribution is -2.10. The molecule has 0 saturated heterocycles. The van der Waals surface area contributed by atoms with Gasteiger partial charge in [-0.05, 0) is 49.5 Å². The average molecular weight is 322 g/mol. The Bertz CT molecular complexity index is 929. The maximum atomic E-state index is 10.9. The van der Waals surface area contributed by atoms with Crippen LogP contribution in [0.15, 0.2) is 46.9 Å². The van der Waals surface area contributed by atoms with Crippen LogP contribution in [0.2, 0.25) is 0 Å². The normalized spacial score (nSPS) is 15.7. The van der Waals surface area contributed by atoms with Crippen molar-refractivity contribution in [3.05, 3.63) is 48.0 Å². The van der Waals surface area contributed by atoms with Crippen LogP contribution in [0.5, 0.6) is 5.75 Å². The van der Waals surface area contributed by atoms with E-state index in [2.05, 4.69) is 0 Å². The van der Waals surface area contributed by atoms with Crippen LogP contribution in [-0.2, 0) is 4.79 Å². The van der Waals surface area contributed by atoms with Gasteiger partial charge < -0.3 is 14.3 Å². The van der Waals surface area contributed by atoms with Crippen LogP contribution in [-0.4, -0.2) is 17.2 Å². The summed E-state index contributed by atoms with van der Waals surface area (Å²) in [6.07, 6.45) is 7.53. The SMILES string of the molecule is O=C(O)C=Cc1ccc(OC2CCCC2)c2oc3ccccc3c12. The first-order valence-electron chi connectivity index (χ1n) is 8.24. The standard InChI is InChI=1S/C20H18O4/c21-18(22)12-10-13-9-11-17(23-14-5-1-2-6-14)20-19(13)15-7-3-4-8-16(15)24-20/h3-4,7-12,14H,1-2,5-6H2,(H,21,22). The molecule has 24 heavy (non-hydrogen) atoms. The zero-order valence-electron chi connectivity index (χ0n) is 13.2. The fourth-order valence-corrected chi connectivity index (χ4v) is 3.41. The van der Waals surface area contributed by atoms with Gasteiger partial charge in [-0.2, -0.15) is 0 Å². The van der Waals surface area contributed by atoms with Crippen LogP contribution in [0.25, 0.3) is 28.0 Å². The predicted molar refractivity (Wildman–Crippen MR) is 93.3 cm³/mol. The summed E-state index contributed by atoms with van der Waals surface area (Å²) < 4.78 is 12.2. The number of benzene rings is 2. The maximum Gasteiger partial charge on any atom is 0.328 e. The molecule has 1 saturated carbocycles. The third-order valence-electron chi connectivity index (χ3n) is 4.52. The molecule has 4 heteroatoms. The highest BCUT2D eigenvalue weighted by Crippen LogP contribution is 2.39. The molecule has 0 amide bonds. The average Bonchev–Trinajstić information content (AvgIpc) is 3.21. The minimum atomic E-state index is -0.970. The number of carboxylic acids is 1. The molecule has 122 valence electrons. The number of rotatable bonds is 4. The van der Waals surface area contributed by atoms with Crippen molar-refractivity contribution in [3.8, 4) is 5.75 Å². The van der Waals surface area contributed by atoms with Crippen molar-refractivity contribution in [2.24, 2.45) is 0 Å². The van der Waals surface area contributed by atoms with Crippen LogP contribution in [0.1, 0.15) is 31.2 Å². The van der Waals surface area contributed by atoms with Crippen molar-refractivity contribution >= 4 is 34.0 Å². The topological polar surface area (TPSA) is 59.7 Å². The molecule has 4 nitrogen and oxygen atoms in total. The van der Waals surface area contributed by atoms with Crippen molar-refractivity contribution in [3.63, 3.8) is 0 Å². The zero-order valence-corrected chi connectivity index (χ0v) is 13.2. The highest BCUT2D eigenvalue weighted by atomic mass is 16.5. The Morgan fingerprint density at radius 1 is 1.17 bits per heavy atom. The fraction of sp³-hybridized carbons (Fsp3) is 0.250. The number of hydrogen-bond acceptors (Lipinski definition) is 3. The molecular formula is C20H18O4. The first-order chi connectivity index (χ1) is 11.7. The van der Waals surface area contributed by atoms with Crippen LogP contribution in [0, 0.1) is 0 Å². The van der Waals surface area contributed by atoms with E-state index in [0.29, 0.717) is 5.58 Å². The smallest absolute Gasteiger partial charge is 0.328 e. The van der Waals surface area contributed by atoms with E-state index < -0.39 is 5.97 Å². The first-order valence-corrected chi connectivity index (χ1v) is 8.24. The highest BCUT2D eigenvalue weighted by molar-refractivity contribution is 6.11. The van der Waals surface area contributed by atoms with Crippen molar-refractivity contribution in [2.45, 2.75) is 31.8 Å². The molecule has 4 rings (SSSR count). The number of aliphatic carboxylic acids is 1. The third kappa shape index (κ3) is 2.64. The van der Waals surface area contributed by atoms with Crippen LogP contribution >= 0.6 is 0 Å². The lowest BCUT2D eigenvalue weighted by atomic mass is 10.1. The van der Waals surface area contributed by atoms with E-state index in [4.69, 9.17) is 14.3 Å². The van der Waals surface area contributed by atoms with Gasteiger partial charge in [0, 0.05) is 16.8 Å². The second kappa shape index (κ2) is 6.04. The predicted octanol–water partition coefficient (Wildman–Crippen LogP) is 5.01. The van der Waals surface area contributed by atoms with E-state index in [-0.39, 0.29) is 6.10 Å². The number of para-hydroxylation sites is 1. The Morgan fingerprint density at radius 2 is 1.96 bits per heavy atom. The largest absolute Gasteiger partial charge is 0.486 e. The maximum absolute atomic E-state index is 10.9. The lowest BCUT2D eigenvalue weighted by molar-refractivity contribution is -0.131. The number of hydrogen-bond donors (Lipinski definition) is 1. The second-order valence-electron chi connectivity index (χ2n) is 6.15. The number of fused-ring (bicyclic) bond motifs is 3. The second-order valence-corrected chi connectivity index (χ2v) is 6.15. The summed E-state index contributed by atoms with van der Waals surface area (Å²) >= 11 is 0. The summed E-state index contributed by atoms with van der Waals surface area (Å²) in [5, 5.41) is 10.8. The quantitative estimate of drug-likeness (QED) is 0.686. The number of furan rings is 1.